The Morgan fingerprint density at radius 1 is 1.20 bits per heavy atom. The zero-order valence-corrected chi connectivity index (χ0v) is 25.7. The molecule has 2 aromatic heterocycles. The molecule has 7 rings (SSSR count). The van der Waals surface area contributed by atoms with Crippen molar-refractivity contribution in [1.82, 2.24) is 14.3 Å². The minimum Gasteiger partial charge on any atom is -0.422 e. The first-order chi connectivity index (χ1) is 21.4. The van der Waals surface area contributed by atoms with Crippen LogP contribution in [0.2, 0.25) is 5.02 Å². The fourth-order valence-corrected chi connectivity index (χ4v) is 8.01. The van der Waals surface area contributed by atoms with Gasteiger partial charge in [-0.3, -0.25) is 9.31 Å². The van der Waals surface area contributed by atoms with E-state index in [1.165, 1.54) is 33.8 Å². The second-order valence-electron chi connectivity index (χ2n) is 10.6. The zero-order valence-electron chi connectivity index (χ0n) is 23.3. The molecule has 2 atom stereocenters. The standard InChI is InChI=1S/C30H27ClN8O3S2/c31-20-5-7-25(38(33)16-35-32)22(12-20)24-15-44(41)39-26(8-9-28(39)36-24)29-34-13-23(37-29)19-11-27(43-14-19)30(40)42-21-6-4-17-2-1-3-18(17)10-21/h4-7,10-16,26H,1-3,8-9,32-33H2,(H,34,37)/b35-16-. The molecule has 0 radical (unpaired) electrons. The molecule has 4 aromatic rings. The molecule has 0 amide bonds. The first kappa shape index (κ1) is 28.5. The first-order valence-corrected chi connectivity index (χ1v) is 16.3. The Morgan fingerprint density at radius 3 is 2.93 bits per heavy atom. The lowest BCUT2D eigenvalue weighted by Gasteiger charge is -2.27. The number of nitrogens with two attached hydrogens (primary N) is 2. The number of nitrogens with zero attached hydrogens (tertiary/aromatic N) is 5. The van der Waals surface area contributed by atoms with Crippen molar-refractivity contribution in [2.24, 2.45) is 21.8 Å². The van der Waals surface area contributed by atoms with Gasteiger partial charge in [0.1, 0.15) is 45.7 Å². The van der Waals surface area contributed by atoms with Crippen LogP contribution in [0.25, 0.3) is 17.0 Å². The highest BCUT2D eigenvalue weighted by Gasteiger charge is 2.38. The van der Waals surface area contributed by atoms with E-state index in [9.17, 15) is 9.00 Å². The van der Waals surface area contributed by atoms with Crippen molar-refractivity contribution >= 4 is 63.5 Å². The minimum absolute atomic E-state index is 0.266. The number of aromatic nitrogens is 2. The van der Waals surface area contributed by atoms with Crippen LogP contribution in [0.15, 0.2) is 69.5 Å². The molecule has 11 nitrogen and oxygen atoms in total. The number of fused-ring (bicyclic) bond motifs is 2. The Labute approximate surface area is 264 Å². The van der Waals surface area contributed by atoms with Gasteiger partial charge in [0, 0.05) is 28.0 Å². The summed E-state index contributed by atoms with van der Waals surface area (Å²) in [6, 6.07) is 12.5. The number of aliphatic imine (C=N–C) groups is 1. The van der Waals surface area contributed by atoms with Gasteiger partial charge in [-0.1, -0.05) is 17.7 Å². The topological polar surface area (TPSA) is 155 Å². The third-order valence-electron chi connectivity index (χ3n) is 7.84. The number of esters is 1. The lowest BCUT2D eigenvalue weighted by Crippen LogP contribution is -2.32. The van der Waals surface area contributed by atoms with E-state index in [4.69, 9.17) is 33.0 Å². The molecule has 224 valence electrons. The molecule has 2 aliphatic heterocycles. The van der Waals surface area contributed by atoms with Crippen molar-refractivity contribution in [1.29, 1.82) is 0 Å². The number of imidazole rings is 1. The largest absolute Gasteiger partial charge is 0.422 e. The van der Waals surface area contributed by atoms with Gasteiger partial charge in [-0.25, -0.2) is 24.8 Å². The second kappa shape index (κ2) is 11.7. The highest BCUT2D eigenvalue weighted by molar-refractivity contribution is 7.86. The van der Waals surface area contributed by atoms with E-state index in [0.717, 1.165) is 30.5 Å². The average Bonchev–Trinajstić information content (AvgIpc) is 3.82. The molecule has 2 unspecified atom stereocenters. The SMILES string of the molecule is N/N=C\N(N)c1ccc(Cl)cc1C1=CS(=O)N2C(=N1)CCC2c1ncc(-c2csc(C(=O)Oc3ccc4c(c3)CCC4)c2)[nH]1. The maximum Gasteiger partial charge on any atom is 0.353 e. The van der Waals surface area contributed by atoms with Crippen molar-refractivity contribution in [3.63, 3.8) is 0 Å². The number of nitrogens with one attached hydrogen (secondary N) is 1. The lowest BCUT2D eigenvalue weighted by atomic mass is 10.1. The van der Waals surface area contributed by atoms with E-state index in [-0.39, 0.29) is 6.04 Å². The van der Waals surface area contributed by atoms with E-state index >= 15 is 0 Å². The van der Waals surface area contributed by atoms with Crippen LogP contribution in [0.3, 0.4) is 0 Å². The highest BCUT2D eigenvalue weighted by Crippen LogP contribution is 2.40. The van der Waals surface area contributed by atoms with Crippen LogP contribution < -0.4 is 21.4 Å². The molecule has 5 N–H and O–H groups in total. The molecule has 1 saturated heterocycles. The summed E-state index contributed by atoms with van der Waals surface area (Å²) in [6.07, 6.45) is 7.50. The number of ether oxygens (including phenoxy) is 1. The number of benzene rings is 2. The molecule has 2 aromatic carbocycles. The van der Waals surface area contributed by atoms with Crippen LogP contribution in [0.5, 0.6) is 5.75 Å². The quantitative estimate of drug-likeness (QED) is 0.0615. The summed E-state index contributed by atoms with van der Waals surface area (Å²) in [5.41, 5.74) is 5.81. The van der Waals surface area contributed by atoms with Crippen molar-refractivity contribution in [3.8, 4) is 17.0 Å². The summed E-state index contributed by atoms with van der Waals surface area (Å²) in [5, 5.41) is 8.69. The van der Waals surface area contributed by atoms with Gasteiger partial charge in [-0.2, -0.15) is 5.10 Å². The molecule has 0 saturated carbocycles. The number of carbonyl (C=O) groups excluding carboxylic acids is 1. The molecule has 44 heavy (non-hydrogen) atoms. The van der Waals surface area contributed by atoms with Crippen LogP contribution >= 0.6 is 22.9 Å². The summed E-state index contributed by atoms with van der Waals surface area (Å²) >= 11 is 7.60. The van der Waals surface area contributed by atoms with Gasteiger partial charge >= 0.3 is 5.97 Å². The Balaban J connectivity index is 1.08. The first-order valence-electron chi connectivity index (χ1n) is 13.9. The molecule has 4 heterocycles. The summed E-state index contributed by atoms with van der Waals surface area (Å²) < 4.78 is 21.0. The van der Waals surface area contributed by atoms with Crippen LogP contribution in [-0.4, -0.2) is 36.6 Å². The second-order valence-corrected chi connectivity index (χ2v) is 13.1. The zero-order chi connectivity index (χ0) is 30.4. The van der Waals surface area contributed by atoms with Crippen LogP contribution in [0.4, 0.5) is 5.69 Å². The Hall–Kier alpha value is -4.30. The van der Waals surface area contributed by atoms with E-state index < -0.39 is 17.0 Å². The van der Waals surface area contributed by atoms with E-state index in [1.54, 1.807) is 40.2 Å². The van der Waals surface area contributed by atoms with E-state index in [1.807, 2.05) is 23.6 Å². The number of carbonyl (C=O) groups is 1. The summed E-state index contributed by atoms with van der Waals surface area (Å²) in [5.74, 6) is 12.9. The van der Waals surface area contributed by atoms with Gasteiger partial charge in [0.25, 0.3) is 0 Å². The minimum atomic E-state index is -1.54. The smallest absolute Gasteiger partial charge is 0.353 e. The van der Waals surface area contributed by atoms with Gasteiger partial charge in [0.2, 0.25) is 0 Å². The normalized spacial score (nSPS) is 19.1. The maximum atomic E-state index is 13.6. The molecule has 1 aliphatic carbocycles. The molecule has 14 heteroatoms. The predicted octanol–water partition coefficient (Wildman–Crippen LogP) is 5.29. The van der Waals surface area contributed by atoms with Crippen LogP contribution in [-0.2, 0) is 23.8 Å². The van der Waals surface area contributed by atoms with E-state index in [0.29, 0.717) is 57.1 Å². The van der Waals surface area contributed by atoms with Gasteiger partial charge in [0.15, 0.2) is 0 Å². The molecule has 3 aliphatic rings. The van der Waals surface area contributed by atoms with Crippen molar-refractivity contribution in [2.45, 2.75) is 38.1 Å². The number of hydrazine groups is 1. The summed E-state index contributed by atoms with van der Waals surface area (Å²) in [7, 11) is -1.54. The molecule has 1 fully saturated rings. The number of hydrogen-bond acceptors (Lipinski definition) is 9. The fraction of sp³-hybridized carbons (Fsp3) is 0.200. The third-order valence-corrected chi connectivity index (χ3v) is 10.3. The highest BCUT2D eigenvalue weighted by atomic mass is 35.5. The van der Waals surface area contributed by atoms with Gasteiger partial charge in [0.05, 0.1) is 28.7 Å². The van der Waals surface area contributed by atoms with Crippen molar-refractivity contribution in [3.05, 3.63) is 91.9 Å². The summed E-state index contributed by atoms with van der Waals surface area (Å²) in [4.78, 5) is 26.2. The molecular formula is C30H27ClN8O3S2. The number of aryl methyl sites for hydroxylation is 2. The number of hydrogen-bond donors (Lipinski definition) is 3. The fourth-order valence-electron chi connectivity index (χ4n) is 5.78. The maximum absolute atomic E-state index is 13.6. The van der Waals surface area contributed by atoms with Crippen molar-refractivity contribution in [2.75, 3.05) is 5.01 Å². The number of hydrazone groups is 1. The van der Waals surface area contributed by atoms with Gasteiger partial charge in [-0.05, 0) is 73.2 Å². The number of halogens is 1. The monoisotopic (exact) mass is 646 g/mol. The molecule has 0 bridgehead atoms. The number of aromatic amines is 1. The average molecular weight is 647 g/mol. The number of thiophene rings is 1. The lowest BCUT2D eigenvalue weighted by molar-refractivity contribution is 0.0739. The number of rotatable bonds is 7. The Morgan fingerprint density at radius 2 is 2.07 bits per heavy atom. The van der Waals surface area contributed by atoms with Crippen LogP contribution in [0, 0.1) is 0 Å². The number of amidine groups is 1. The summed E-state index contributed by atoms with van der Waals surface area (Å²) in [6.45, 7) is 0. The van der Waals surface area contributed by atoms with E-state index in [2.05, 4.69) is 15.1 Å². The van der Waals surface area contributed by atoms with Gasteiger partial charge < -0.3 is 15.6 Å². The Bertz CT molecular complexity index is 1900. The predicted molar refractivity (Wildman–Crippen MR) is 173 cm³/mol. The van der Waals surface area contributed by atoms with Crippen molar-refractivity contribution < 1.29 is 13.7 Å². The Kier molecular flexibility index (Phi) is 7.54. The number of H-pyrrole nitrogens is 1. The third kappa shape index (κ3) is 5.32. The molecular weight excluding hydrogens is 620 g/mol. The van der Waals surface area contributed by atoms with Gasteiger partial charge in [-0.15, -0.1) is 11.3 Å². The number of anilines is 1. The molecule has 0 spiro atoms. The van der Waals surface area contributed by atoms with Crippen LogP contribution in [0.1, 0.15) is 57.5 Å².